The van der Waals surface area contributed by atoms with Gasteiger partial charge >= 0.3 is 5.97 Å². The number of nitrogens with two attached hydrogens (primary N) is 1. The fourth-order valence-corrected chi connectivity index (χ4v) is 4.13. The number of furan rings is 1. The second-order valence-electron chi connectivity index (χ2n) is 6.07. The molecule has 136 valence electrons. The molecule has 2 amide bonds. The Balaban J connectivity index is 1.68. The Kier molecular flexibility index (Phi) is 4.07. The molecule has 1 aliphatic heterocycles. The highest BCUT2D eigenvalue weighted by atomic mass is 32.2. The molecule has 11 heteroatoms. The number of carbonyl (C=O) groups excluding carboxylic acids is 2. The van der Waals surface area contributed by atoms with Crippen molar-refractivity contribution in [3.05, 3.63) is 17.9 Å². The van der Waals surface area contributed by atoms with Crippen LogP contribution >= 0.6 is 0 Å². The number of hydrogen-bond acceptors (Lipinski definition) is 6. The van der Waals surface area contributed by atoms with E-state index in [4.69, 9.17) is 10.2 Å². The smallest absolute Gasteiger partial charge is 0.319 e. The molecule has 2 fully saturated rings. The number of amides is 2. The summed E-state index contributed by atoms with van der Waals surface area (Å²) in [4.78, 5) is 36.0. The Bertz CT molecular complexity index is 832. The van der Waals surface area contributed by atoms with Crippen molar-refractivity contribution in [3.8, 4) is 0 Å². The normalized spacial score (nSPS) is 20.2. The summed E-state index contributed by atoms with van der Waals surface area (Å²) in [5.74, 6) is -2.74. The Labute approximate surface area is 143 Å². The van der Waals surface area contributed by atoms with E-state index in [0.29, 0.717) is 12.8 Å². The van der Waals surface area contributed by atoms with Gasteiger partial charge in [0, 0.05) is 26.2 Å². The van der Waals surface area contributed by atoms with E-state index in [1.54, 1.807) is 0 Å². The molecule has 1 aliphatic carbocycles. The topological polar surface area (TPSA) is 151 Å². The quantitative estimate of drug-likeness (QED) is 0.635. The minimum atomic E-state index is -3.96. The summed E-state index contributed by atoms with van der Waals surface area (Å²) in [6, 6.07) is 2.33. The molecule has 2 heterocycles. The number of rotatable bonds is 5. The molecule has 25 heavy (non-hydrogen) atoms. The van der Waals surface area contributed by atoms with Crippen molar-refractivity contribution in [2.45, 2.75) is 17.9 Å². The van der Waals surface area contributed by atoms with Gasteiger partial charge in [-0.15, -0.1) is 0 Å². The highest BCUT2D eigenvalue weighted by Crippen LogP contribution is 2.47. The fourth-order valence-electron chi connectivity index (χ4n) is 2.80. The van der Waals surface area contributed by atoms with E-state index < -0.39 is 38.3 Å². The molecule has 0 bridgehead atoms. The van der Waals surface area contributed by atoms with Crippen LogP contribution in [0.5, 0.6) is 0 Å². The van der Waals surface area contributed by atoms with Gasteiger partial charge in [-0.3, -0.25) is 14.4 Å². The maximum Gasteiger partial charge on any atom is 0.319 e. The minimum absolute atomic E-state index is 0.0103. The van der Waals surface area contributed by atoms with Crippen molar-refractivity contribution >= 4 is 27.8 Å². The van der Waals surface area contributed by atoms with Crippen LogP contribution in [0.15, 0.2) is 21.6 Å². The minimum Gasteiger partial charge on any atom is -0.480 e. The Morgan fingerprint density at radius 3 is 2.16 bits per heavy atom. The molecule has 10 nitrogen and oxygen atoms in total. The average Bonchev–Trinajstić information content (AvgIpc) is 3.23. The Morgan fingerprint density at radius 1 is 1.12 bits per heavy atom. The molecular weight excluding hydrogens is 354 g/mol. The van der Waals surface area contributed by atoms with Gasteiger partial charge in [-0.2, -0.15) is 4.31 Å². The standard InChI is InChI=1S/C14H17N3O7S/c15-11(18)9-1-2-10(24-9)25(22,23)17-7-5-16(6-8-17)12(19)14(3-4-14)13(20)21/h1-2H,3-8H2,(H2,15,18)(H,20,21). The Hall–Kier alpha value is -2.40. The molecule has 1 aromatic rings. The molecule has 0 atom stereocenters. The zero-order valence-corrected chi connectivity index (χ0v) is 14.0. The van der Waals surface area contributed by atoms with E-state index in [1.807, 2.05) is 0 Å². The van der Waals surface area contributed by atoms with E-state index in [9.17, 15) is 27.9 Å². The van der Waals surface area contributed by atoms with E-state index in [-0.39, 0.29) is 31.9 Å². The third kappa shape index (κ3) is 2.89. The number of nitrogens with zero attached hydrogens (tertiary/aromatic N) is 2. The summed E-state index contributed by atoms with van der Waals surface area (Å²) in [7, 11) is -3.96. The number of piperazine rings is 1. The number of sulfonamides is 1. The second-order valence-corrected chi connectivity index (χ2v) is 7.94. The lowest BCUT2D eigenvalue weighted by molar-refractivity contribution is -0.154. The number of hydrogen-bond donors (Lipinski definition) is 2. The number of primary amides is 1. The summed E-state index contributed by atoms with van der Waals surface area (Å²) in [5.41, 5.74) is 3.70. The average molecular weight is 371 g/mol. The lowest BCUT2D eigenvalue weighted by atomic mass is 10.1. The molecule has 0 unspecified atom stereocenters. The van der Waals surface area contributed by atoms with Gasteiger partial charge in [0.1, 0.15) is 5.41 Å². The third-order valence-electron chi connectivity index (χ3n) is 4.51. The van der Waals surface area contributed by atoms with Gasteiger partial charge in [0.15, 0.2) is 5.76 Å². The van der Waals surface area contributed by atoms with Crippen molar-refractivity contribution in [2.75, 3.05) is 26.2 Å². The van der Waals surface area contributed by atoms with Crippen molar-refractivity contribution < 1.29 is 32.3 Å². The molecule has 0 aromatic carbocycles. The molecule has 3 N–H and O–H groups in total. The van der Waals surface area contributed by atoms with Crippen LogP contribution in [0.1, 0.15) is 23.4 Å². The molecule has 2 aliphatic rings. The predicted molar refractivity (Wildman–Crippen MR) is 81.9 cm³/mol. The van der Waals surface area contributed by atoms with Crippen molar-refractivity contribution in [1.82, 2.24) is 9.21 Å². The monoisotopic (exact) mass is 371 g/mol. The molecule has 0 radical (unpaired) electrons. The largest absolute Gasteiger partial charge is 0.480 e. The van der Waals surface area contributed by atoms with E-state index >= 15 is 0 Å². The molecule has 1 saturated heterocycles. The van der Waals surface area contributed by atoms with Gasteiger partial charge < -0.3 is 20.2 Å². The first-order valence-corrected chi connectivity index (χ1v) is 9.05. The summed E-state index contributed by atoms with van der Waals surface area (Å²) in [5, 5.41) is 8.78. The van der Waals surface area contributed by atoms with Gasteiger partial charge in [0.05, 0.1) is 0 Å². The number of aliphatic carboxylic acids is 1. The summed E-state index contributed by atoms with van der Waals surface area (Å²) in [6.07, 6.45) is 0.615. The van der Waals surface area contributed by atoms with Crippen molar-refractivity contribution in [3.63, 3.8) is 0 Å². The SMILES string of the molecule is NC(=O)c1ccc(S(=O)(=O)N2CCN(C(=O)C3(C(=O)O)CC3)CC2)o1. The lowest BCUT2D eigenvalue weighted by Crippen LogP contribution is -2.53. The Morgan fingerprint density at radius 2 is 1.72 bits per heavy atom. The van der Waals surface area contributed by atoms with Gasteiger partial charge in [-0.1, -0.05) is 0 Å². The predicted octanol–water partition coefficient (Wildman–Crippen LogP) is -0.924. The first-order valence-electron chi connectivity index (χ1n) is 7.61. The van der Waals surface area contributed by atoms with Gasteiger partial charge in [0.25, 0.3) is 15.9 Å². The van der Waals surface area contributed by atoms with Crippen LogP contribution in [-0.4, -0.2) is 66.7 Å². The first-order chi connectivity index (χ1) is 11.7. The zero-order chi connectivity index (χ0) is 18.4. The van der Waals surface area contributed by atoms with Gasteiger partial charge in [-0.25, -0.2) is 8.42 Å². The summed E-state index contributed by atoms with van der Waals surface area (Å²) >= 11 is 0. The highest BCUT2D eigenvalue weighted by molar-refractivity contribution is 7.89. The van der Waals surface area contributed by atoms with Crippen LogP contribution in [0.2, 0.25) is 0 Å². The molecule has 0 spiro atoms. The maximum absolute atomic E-state index is 12.5. The molecule has 1 aromatic heterocycles. The maximum atomic E-state index is 12.5. The number of carbonyl (C=O) groups is 3. The van der Waals surface area contributed by atoms with Crippen LogP contribution in [0, 0.1) is 5.41 Å². The summed E-state index contributed by atoms with van der Waals surface area (Å²) < 4.78 is 31.1. The van der Waals surface area contributed by atoms with Gasteiger partial charge in [0.2, 0.25) is 11.0 Å². The van der Waals surface area contributed by atoms with Crippen molar-refractivity contribution in [1.29, 1.82) is 0 Å². The van der Waals surface area contributed by atoms with Crippen LogP contribution in [0.25, 0.3) is 0 Å². The first kappa shape index (κ1) is 17.4. The fraction of sp³-hybridized carbons (Fsp3) is 0.500. The van der Waals surface area contributed by atoms with Crippen LogP contribution < -0.4 is 5.73 Å². The third-order valence-corrected chi connectivity index (χ3v) is 6.29. The van der Waals surface area contributed by atoms with E-state index in [0.717, 1.165) is 10.4 Å². The van der Waals surface area contributed by atoms with E-state index in [1.165, 1.54) is 11.0 Å². The zero-order valence-electron chi connectivity index (χ0n) is 13.2. The summed E-state index contributed by atoms with van der Waals surface area (Å²) in [6.45, 7) is 0.208. The number of carboxylic acid groups (broad SMARTS) is 1. The molecule has 3 rings (SSSR count). The van der Waals surface area contributed by atoms with Crippen molar-refractivity contribution in [2.24, 2.45) is 11.1 Å². The highest BCUT2D eigenvalue weighted by Gasteiger charge is 2.58. The second kappa shape index (κ2) is 5.85. The van der Waals surface area contributed by atoms with E-state index in [2.05, 4.69) is 0 Å². The molecule has 1 saturated carbocycles. The number of carboxylic acids is 1. The van der Waals surface area contributed by atoms with Crippen LogP contribution in [-0.2, 0) is 19.6 Å². The van der Waals surface area contributed by atoms with Crippen LogP contribution in [0.4, 0.5) is 0 Å². The lowest BCUT2D eigenvalue weighted by Gasteiger charge is -2.34. The van der Waals surface area contributed by atoms with Gasteiger partial charge in [-0.05, 0) is 25.0 Å². The molecular formula is C14H17N3O7S. The van der Waals surface area contributed by atoms with Crippen LogP contribution in [0.3, 0.4) is 0 Å².